The van der Waals surface area contributed by atoms with Crippen LogP contribution in [0.5, 0.6) is 0 Å². The van der Waals surface area contributed by atoms with Gasteiger partial charge in [-0.15, -0.1) is 0 Å². The lowest BCUT2D eigenvalue weighted by molar-refractivity contribution is -0.174. The minimum absolute atomic E-state index is 0.0748. The van der Waals surface area contributed by atoms with Gasteiger partial charge in [-0.3, -0.25) is 14.8 Å². The third-order valence-corrected chi connectivity index (χ3v) is 7.77. The number of aryl methyl sites for hydroxylation is 1. The summed E-state index contributed by atoms with van der Waals surface area (Å²) in [6.45, 7) is 2.38. The van der Waals surface area contributed by atoms with Gasteiger partial charge in [-0.2, -0.15) is 5.10 Å². The molecule has 8 heteroatoms. The van der Waals surface area contributed by atoms with E-state index in [1.165, 1.54) is 5.56 Å². The Labute approximate surface area is 210 Å². The molecule has 0 radical (unpaired) electrons. The summed E-state index contributed by atoms with van der Waals surface area (Å²) in [7, 11) is 1.78. The first-order valence-electron chi connectivity index (χ1n) is 12.3. The van der Waals surface area contributed by atoms with E-state index >= 15 is 0 Å². The number of carboxylic acid groups (broad SMARTS) is 1. The highest BCUT2D eigenvalue weighted by Gasteiger charge is 2.51. The predicted molar refractivity (Wildman–Crippen MR) is 135 cm³/mol. The van der Waals surface area contributed by atoms with Crippen LogP contribution in [-0.4, -0.2) is 39.2 Å². The van der Waals surface area contributed by atoms with E-state index in [0.717, 1.165) is 42.4 Å². The molecule has 3 aliphatic rings. The van der Waals surface area contributed by atoms with Gasteiger partial charge in [-0.25, -0.2) is 4.79 Å². The fourth-order valence-electron chi connectivity index (χ4n) is 5.52. The largest absolute Gasteiger partial charge is 0.481 e. The molecular weight excluding hydrogens is 458 g/mol. The SMILES string of the molecule is CC(OC(=O)Nc1c(-c2ccc(C34CCC(CC(=O)O)(CC3)OC4)cc2)cnn1C)c1ccccc1. The molecule has 2 aliphatic heterocycles. The maximum absolute atomic E-state index is 12.6. The molecule has 3 heterocycles. The van der Waals surface area contributed by atoms with Crippen LogP contribution < -0.4 is 5.32 Å². The van der Waals surface area contributed by atoms with Gasteiger partial charge in [0.25, 0.3) is 0 Å². The maximum atomic E-state index is 12.6. The molecule has 36 heavy (non-hydrogen) atoms. The number of aliphatic carboxylic acids is 1. The van der Waals surface area contributed by atoms with Crippen molar-refractivity contribution < 1.29 is 24.2 Å². The number of nitrogens with zero attached hydrogens (tertiary/aromatic N) is 2. The van der Waals surface area contributed by atoms with Crippen LogP contribution in [0.4, 0.5) is 10.6 Å². The summed E-state index contributed by atoms with van der Waals surface area (Å²) < 4.78 is 13.3. The summed E-state index contributed by atoms with van der Waals surface area (Å²) in [5.41, 5.74) is 3.27. The topological polar surface area (TPSA) is 103 Å². The smallest absolute Gasteiger partial charge is 0.413 e. The minimum atomic E-state index is -0.798. The van der Waals surface area contributed by atoms with E-state index in [4.69, 9.17) is 9.47 Å². The molecule has 3 aromatic rings. The molecule has 1 aliphatic carbocycles. The number of nitrogens with one attached hydrogen (secondary N) is 1. The Morgan fingerprint density at radius 2 is 1.81 bits per heavy atom. The average Bonchev–Trinajstić information content (AvgIpc) is 3.24. The molecule has 8 nitrogen and oxygen atoms in total. The van der Waals surface area contributed by atoms with Gasteiger partial charge in [-0.1, -0.05) is 54.6 Å². The molecule has 1 unspecified atom stereocenters. The van der Waals surface area contributed by atoms with Crippen LogP contribution >= 0.6 is 0 Å². The zero-order valence-electron chi connectivity index (χ0n) is 20.6. The predicted octanol–water partition coefficient (Wildman–Crippen LogP) is 5.45. The van der Waals surface area contributed by atoms with Gasteiger partial charge in [0.15, 0.2) is 0 Å². The van der Waals surface area contributed by atoms with Crippen molar-refractivity contribution in [2.75, 3.05) is 11.9 Å². The minimum Gasteiger partial charge on any atom is -0.481 e. The van der Waals surface area contributed by atoms with Crippen molar-refractivity contribution in [2.45, 2.75) is 56.1 Å². The molecule has 188 valence electrons. The van der Waals surface area contributed by atoms with Crippen molar-refractivity contribution in [3.63, 3.8) is 0 Å². The van der Waals surface area contributed by atoms with E-state index in [-0.39, 0.29) is 17.9 Å². The van der Waals surface area contributed by atoms with Gasteiger partial charge in [0.05, 0.1) is 24.8 Å². The molecule has 2 aromatic carbocycles. The highest BCUT2D eigenvalue weighted by molar-refractivity contribution is 5.90. The third-order valence-electron chi connectivity index (χ3n) is 7.77. The highest BCUT2D eigenvalue weighted by Crippen LogP contribution is 2.51. The second kappa shape index (κ2) is 9.43. The van der Waals surface area contributed by atoms with Crippen molar-refractivity contribution >= 4 is 17.9 Å². The maximum Gasteiger partial charge on any atom is 0.413 e. The monoisotopic (exact) mass is 489 g/mol. The second-order valence-corrected chi connectivity index (χ2v) is 10.0. The molecule has 2 bridgehead atoms. The van der Waals surface area contributed by atoms with Crippen molar-refractivity contribution in [3.8, 4) is 11.1 Å². The number of benzene rings is 2. The molecule has 3 fully saturated rings. The summed E-state index contributed by atoms with van der Waals surface area (Å²) in [6, 6.07) is 17.9. The lowest BCUT2D eigenvalue weighted by Gasteiger charge is -2.53. The molecule has 2 saturated heterocycles. The fourth-order valence-corrected chi connectivity index (χ4v) is 5.52. The van der Waals surface area contributed by atoms with Gasteiger partial charge in [-0.05, 0) is 49.3 Å². The summed E-state index contributed by atoms with van der Waals surface area (Å²) in [6.07, 6.45) is 4.25. The second-order valence-electron chi connectivity index (χ2n) is 10.0. The molecule has 2 N–H and O–H groups in total. The Kier molecular flexibility index (Phi) is 6.30. The van der Waals surface area contributed by atoms with E-state index in [0.29, 0.717) is 12.4 Å². The molecule has 1 aromatic heterocycles. The van der Waals surface area contributed by atoms with E-state index < -0.39 is 17.7 Å². The van der Waals surface area contributed by atoms with Crippen molar-refractivity contribution in [1.82, 2.24) is 9.78 Å². The zero-order chi connectivity index (χ0) is 25.3. The first-order valence-corrected chi connectivity index (χ1v) is 12.3. The number of aromatic nitrogens is 2. The van der Waals surface area contributed by atoms with E-state index in [1.807, 2.05) is 49.4 Å². The van der Waals surface area contributed by atoms with Crippen LogP contribution in [0.1, 0.15) is 56.3 Å². The number of carboxylic acids is 1. The molecule has 1 saturated carbocycles. The highest BCUT2D eigenvalue weighted by atomic mass is 16.6. The summed E-state index contributed by atoms with van der Waals surface area (Å²) >= 11 is 0. The van der Waals surface area contributed by atoms with Gasteiger partial charge in [0.2, 0.25) is 0 Å². The normalized spacial score (nSPS) is 23.7. The molecular formula is C28H31N3O5. The van der Waals surface area contributed by atoms with E-state index in [9.17, 15) is 14.7 Å². The van der Waals surface area contributed by atoms with Crippen LogP contribution in [0.2, 0.25) is 0 Å². The Balaban J connectivity index is 1.29. The number of hydrogen-bond donors (Lipinski definition) is 2. The third kappa shape index (κ3) is 4.60. The number of amides is 1. The number of carbonyl (C=O) groups is 2. The summed E-state index contributed by atoms with van der Waals surface area (Å²) in [4.78, 5) is 23.9. The molecule has 0 spiro atoms. The van der Waals surface area contributed by atoms with Gasteiger partial charge in [0.1, 0.15) is 11.9 Å². The molecule has 1 amide bonds. The van der Waals surface area contributed by atoms with Crippen LogP contribution in [0.25, 0.3) is 11.1 Å². The van der Waals surface area contributed by atoms with Crippen LogP contribution in [0, 0.1) is 0 Å². The molecule has 6 rings (SSSR count). The van der Waals surface area contributed by atoms with Crippen LogP contribution in [-0.2, 0) is 26.7 Å². The van der Waals surface area contributed by atoms with Crippen molar-refractivity contribution in [3.05, 3.63) is 71.9 Å². The first-order chi connectivity index (χ1) is 17.3. The first kappa shape index (κ1) is 24.1. The number of carbonyl (C=O) groups excluding carboxylic acids is 1. The standard InChI is InChI=1S/C28H31N3O5/c1-19(20-6-4-3-5-7-20)36-26(34)30-25-23(17-29-31(25)2)21-8-10-22(11-9-21)27-12-14-28(15-13-27,35-18-27)16-24(32)33/h3-11,17,19H,12-16,18H2,1-2H3,(H,30,34)(H,32,33). The zero-order valence-corrected chi connectivity index (χ0v) is 20.6. The van der Waals surface area contributed by atoms with Crippen LogP contribution in [0.3, 0.4) is 0 Å². The van der Waals surface area contributed by atoms with Gasteiger partial charge >= 0.3 is 12.1 Å². The lowest BCUT2D eigenvalue weighted by atomic mass is 9.62. The Bertz CT molecular complexity index is 1230. The number of rotatable bonds is 7. The Hall–Kier alpha value is -3.65. The average molecular weight is 490 g/mol. The van der Waals surface area contributed by atoms with Crippen LogP contribution in [0.15, 0.2) is 60.8 Å². The molecule has 1 atom stereocenters. The fraction of sp³-hybridized carbons (Fsp3) is 0.393. The Morgan fingerprint density at radius 3 is 2.42 bits per heavy atom. The Morgan fingerprint density at radius 1 is 1.11 bits per heavy atom. The lowest BCUT2D eigenvalue weighted by Crippen LogP contribution is -2.54. The van der Waals surface area contributed by atoms with Gasteiger partial charge in [0, 0.05) is 18.0 Å². The summed E-state index contributed by atoms with van der Waals surface area (Å²) in [5.74, 6) is -0.240. The number of anilines is 1. The van der Waals surface area contributed by atoms with Crippen molar-refractivity contribution in [1.29, 1.82) is 0 Å². The van der Waals surface area contributed by atoms with E-state index in [2.05, 4.69) is 22.5 Å². The van der Waals surface area contributed by atoms with E-state index in [1.54, 1.807) is 17.9 Å². The van der Waals surface area contributed by atoms with Crippen molar-refractivity contribution in [2.24, 2.45) is 7.05 Å². The summed E-state index contributed by atoms with van der Waals surface area (Å²) in [5, 5.41) is 16.4. The number of fused-ring (bicyclic) bond motifs is 3. The van der Waals surface area contributed by atoms with Gasteiger partial charge < -0.3 is 14.6 Å². The number of hydrogen-bond acceptors (Lipinski definition) is 5. The quantitative estimate of drug-likeness (QED) is 0.457. The number of ether oxygens (including phenoxy) is 2.